The third-order valence-electron chi connectivity index (χ3n) is 3.29. The van der Waals surface area contributed by atoms with Gasteiger partial charge in [-0.3, -0.25) is 9.69 Å². The van der Waals surface area contributed by atoms with Crippen molar-refractivity contribution < 1.29 is 9.21 Å². The summed E-state index contributed by atoms with van der Waals surface area (Å²) in [6.45, 7) is 4.76. The van der Waals surface area contributed by atoms with Crippen LogP contribution in [0.15, 0.2) is 57.0 Å². The summed E-state index contributed by atoms with van der Waals surface area (Å²) in [6.07, 6.45) is 3.34. The Morgan fingerprint density at radius 2 is 2.17 bits per heavy atom. The van der Waals surface area contributed by atoms with E-state index in [0.717, 1.165) is 5.69 Å². The number of halogens is 1. The first-order chi connectivity index (χ1) is 11.5. The van der Waals surface area contributed by atoms with Crippen molar-refractivity contribution in [3.63, 3.8) is 0 Å². The molecule has 0 aliphatic carbocycles. The van der Waals surface area contributed by atoms with E-state index in [1.807, 2.05) is 18.2 Å². The summed E-state index contributed by atoms with van der Waals surface area (Å²) in [6, 6.07) is 10.9. The van der Waals surface area contributed by atoms with Crippen LogP contribution in [0, 0.1) is 5.92 Å². The molecule has 1 aliphatic heterocycles. The van der Waals surface area contributed by atoms with E-state index in [0.29, 0.717) is 33.3 Å². The van der Waals surface area contributed by atoms with E-state index in [1.165, 1.54) is 11.8 Å². The quantitative estimate of drug-likeness (QED) is 0.704. The average molecular weight is 361 g/mol. The SMILES string of the molecule is CC(C)CN1C(=O)/C(=C\c2ccco2)SC1=Nc1cccc(Cl)c1. The number of rotatable bonds is 4. The first-order valence-corrected chi connectivity index (χ1v) is 8.81. The van der Waals surface area contributed by atoms with E-state index < -0.39 is 0 Å². The number of benzene rings is 1. The summed E-state index contributed by atoms with van der Waals surface area (Å²) in [5, 5.41) is 1.28. The third-order valence-corrected chi connectivity index (χ3v) is 4.53. The van der Waals surface area contributed by atoms with E-state index in [2.05, 4.69) is 18.8 Å². The molecular weight excluding hydrogens is 344 g/mol. The van der Waals surface area contributed by atoms with Crippen LogP contribution in [0.4, 0.5) is 5.69 Å². The van der Waals surface area contributed by atoms with Crippen molar-refractivity contribution in [3.05, 3.63) is 58.3 Å². The summed E-state index contributed by atoms with van der Waals surface area (Å²) in [4.78, 5) is 19.7. The molecule has 1 fully saturated rings. The van der Waals surface area contributed by atoms with Gasteiger partial charge in [0.15, 0.2) is 5.17 Å². The lowest BCUT2D eigenvalue weighted by Crippen LogP contribution is -2.32. The molecule has 0 unspecified atom stereocenters. The van der Waals surface area contributed by atoms with E-state index >= 15 is 0 Å². The van der Waals surface area contributed by atoms with Crippen LogP contribution in [0.25, 0.3) is 6.08 Å². The minimum absolute atomic E-state index is 0.0501. The van der Waals surface area contributed by atoms with E-state index in [4.69, 9.17) is 16.0 Å². The van der Waals surface area contributed by atoms with E-state index in [9.17, 15) is 4.79 Å². The first-order valence-electron chi connectivity index (χ1n) is 7.62. The maximum atomic E-state index is 12.7. The van der Waals surface area contributed by atoms with Crippen LogP contribution in [-0.4, -0.2) is 22.5 Å². The summed E-state index contributed by atoms with van der Waals surface area (Å²) in [5.74, 6) is 0.937. The predicted octanol–water partition coefficient (Wildman–Crippen LogP) is 5.19. The Hall–Kier alpha value is -1.98. The average Bonchev–Trinajstić information content (AvgIpc) is 3.12. The van der Waals surface area contributed by atoms with Gasteiger partial charge in [-0.15, -0.1) is 0 Å². The van der Waals surface area contributed by atoms with Crippen molar-refractivity contribution >= 4 is 46.2 Å². The molecule has 4 nitrogen and oxygen atoms in total. The molecule has 2 aromatic rings. The molecule has 0 radical (unpaired) electrons. The summed E-state index contributed by atoms with van der Waals surface area (Å²) >= 11 is 7.38. The van der Waals surface area contributed by atoms with Crippen molar-refractivity contribution in [2.45, 2.75) is 13.8 Å². The molecule has 0 bridgehead atoms. The van der Waals surface area contributed by atoms with Gasteiger partial charge in [-0.25, -0.2) is 4.99 Å². The van der Waals surface area contributed by atoms with Crippen LogP contribution >= 0.6 is 23.4 Å². The lowest BCUT2D eigenvalue weighted by molar-refractivity contribution is -0.122. The number of hydrogen-bond donors (Lipinski definition) is 0. The summed E-state index contributed by atoms with van der Waals surface area (Å²) in [5.41, 5.74) is 0.728. The second-order valence-corrected chi connectivity index (χ2v) is 7.26. The molecule has 24 heavy (non-hydrogen) atoms. The number of carbonyl (C=O) groups is 1. The zero-order valence-corrected chi connectivity index (χ0v) is 15.0. The van der Waals surface area contributed by atoms with Gasteiger partial charge in [-0.1, -0.05) is 31.5 Å². The summed E-state index contributed by atoms with van der Waals surface area (Å²) in [7, 11) is 0. The number of amides is 1. The Labute approximate surface area is 150 Å². The molecule has 0 saturated carbocycles. The van der Waals surface area contributed by atoms with Gasteiger partial charge in [0.05, 0.1) is 16.9 Å². The number of furan rings is 1. The van der Waals surface area contributed by atoms with Crippen molar-refractivity contribution in [2.75, 3.05) is 6.54 Å². The fourth-order valence-electron chi connectivity index (χ4n) is 2.28. The van der Waals surface area contributed by atoms with Crippen LogP contribution in [0.1, 0.15) is 19.6 Å². The molecule has 3 rings (SSSR count). The number of amidine groups is 1. The molecule has 1 saturated heterocycles. The van der Waals surface area contributed by atoms with Gasteiger partial charge in [0.1, 0.15) is 5.76 Å². The van der Waals surface area contributed by atoms with Gasteiger partial charge < -0.3 is 4.42 Å². The maximum absolute atomic E-state index is 12.7. The lowest BCUT2D eigenvalue weighted by atomic mass is 10.2. The van der Waals surface area contributed by atoms with Gasteiger partial charge in [0.25, 0.3) is 5.91 Å². The largest absolute Gasteiger partial charge is 0.465 e. The highest BCUT2D eigenvalue weighted by molar-refractivity contribution is 8.18. The number of nitrogens with zero attached hydrogens (tertiary/aromatic N) is 2. The Morgan fingerprint density at radius 1 is 1.33 bits per heavy atom. The van der Waals surface area contributed by atoms with Gasteiger partial charge in [-0.2, -0.15) is 0 Å². The highest BCUT2D eigenvalue weighted by Crippen LogP contribution is 2.35. The number of aliphatic imine (C=N–C) groups is 1. The topological polar surface area (TPSA) is 45.8 Å². The fraction of sp³-hybridized carbons (Fsp3) is 0.222. The van der Waals surface area contributed by atoms with E-state index in [-0.39, 0.29) is 5.91 Å². The van der Waals surface area contributed by atoms with Gasteiger partial charge in [0, 0.05) is 17.6 Å². The zero-order chi connectivity index (χ0) is 17.1. The second kappa shape index (κ2) is 7.28. The standard InChI is InChI=1S/C18H17ClN2O2S/c1-12(2)11-21-17(22)16(10-15-7-4-8-23-15)24-18(21)20-14-6-3-5-13(19)9-14/h3-10,12H,11H2,1-2H3/b16-10+,20-18?. The first kappa shape index (κ1) is 16.9. The van der Waals surface area contributed by atoms with Gasteiger partial charge in [0.2, 0.25) is 0 Å². The molecule has 1 amide bonds. The van der Waals surface area contributed by atoms with Crippen LogP contribution in [0.3, 0.4) is 0 Å². The second-order valence-electron chi connectivity index (χ2n) is 5.81. The molecule has 0 atom stereocenters. The Morgan fingerprint density at radius 3 is 2.83 bits per heavy atom. The van der Waals surface area contributed by atoms with Crippen LogP contribution in [0.5, 0.6) is 0 Å². The number of carbonyl (C=O) groups excluding carboxylic acids is 1. The molecule has 124 valence electrons. The zero-order valence-electron chi connectivity index (χ0n) is 13.4. The van der Waals surface area contributed by atoms with Crippen LogP contribution in [0.2, 0.25) is 5.02 Å². The van der Waals surface area contributed by atoms with Crippen molar-refractivity contribution in [3.8, 4) is 0 Å². The van der Waals surface area contributed by atoms with Gasteiger partial charge in [-0.05, 0) is 48.0 Å². The predicted molar refractivity (Wildman–Crippen MR) is 99.4 cm³/mol. The minimum atomic E-state index is -0.0501. The molecular formula is C18H17ClN2O2S. The highest BCUT2D eigenvalue weighted by Gasteiger charge is 2.33. The normalized spacial score (nSPS) is 18.3. The van der Waals surface area contributed by atoms with Gasteiger partial charge >= 0.3 is 0 Å². The van der Waals surface area contributed by atoms with Crippen LogP contribution in [-0.2, 0) is 4.79 Å². The lowest BCUT2D eigenvalue weighted by Gasteiger charge is -2.17. The number of hydrogen-bond acceptors (Lipinski definition) is 4. The fourth-order valence-corrected chi connectivity index (χ4v) is 3.45. The molecule has 1 aromatic heterocycles. The van der Waals surface area contributed by atoms with Crippen molar-refractivity contribution in [1.82, 2.24) is 4.90 Å². The monoisotopic (exact) mass is 360 g/mol. The Kier molecular flexibility index (Phi) is 5.11. The number of thioether (sulfide) groups is 1. The Balaban J connectivity index is 1.95. The summed E-state index contributed by atoms with van der Waals surface area (Å²) < 4.78 is 5.31. The van der Waals surface area contributed by atoms with Crippen molar-refractivity contribution in [1.29, 1.82) is 0 Å². The Bertz CT molecular complexity index is 797. The van der Waals surface area contributed by atoms with E-state index in [1.54, 1.807) is 35.4 Å². The molecule has 0 N–H and O–H groups in total. The third kappa shape index (κ3) is 3.91. The molecule has 1 aliphatic rings. The molecule has 1 aromatic carbocycles. The minimum Gasteiger partial charge on any atom is -0.465 e. The highest BCUT2D eigenvalue weighted by atomic mass is 35.5. The maximum Gasteiger partial charge on any atom is 0.266 e. The van der Waals surface area contributed by atoms with Crippen molar-refractivity contribution in [2.24, 2.45) is 10.9 Å². The smallest absolute Gasteiger partial charge is 0.266 e. The molecule has 0 spiro atoms. The van der Waals surface area contributed by atoms with Crippen LogP contribution < -0.4 is 0 Å². The molecule has 6 heteroatoms. The molecule has 2 heterocycles.